The van der Waals surface area contributed by atoms with Gasteiger partial charge in [-0.1, -0.05) is 0 Å². The van der Waals surface area contributed by atoms with E-state index in [1.807, 2.05) is 25.7 Å². The highest BCUT2D eigenvalue weighted by Gasteiger charge is 2.34. The zero-order chi connectivity index (χ0) is 16.5. The largest absolute Gasteiger partial charge is 0.458 e. The highest BCUT2D eigenvalue weighted by atomic mass is 16.6. The van der Waals surface area contributed by atoms with Crippen LogP contribution < -0.4 is 21.7 Å². The Morgan fingerprint density at radius 3 is 2.68 bits per heavy atom. The number of esters is 1. The first-order chi connectivity index (χ1) is 10.2. The molecule has 8 heteroatoms. The molecule has 0 bridgehead atoms. The molecule has 8 nitrogen and oxygen atoms in total. The molecular weight excluding hydrogens is 284 g/mol. The number of nitrogen functional groups attached to an aromatic ring is 2. The van der Waals surface area contributed by atoms with Gasteiger partial charge in [-0.05, 0) is 27.7 Å². The molecule has 22 heavy (non-hydrogen) atoms. The Balaban J connectivity index is 2.33. The summed E-state index contributed by atoms with van der Waals surface area (Å²) in [5, 5.41) is 3.19. The molecule has 0 saturated carbocycles. The molecule has 1 aliphatic rings. The Hall–Kier alpha value is -2.09. The number of rotatable bonds is 2. The molecule has 0 spiro atoms. The molecule has 0 radical (unpaired) electrons. The molecule has 1 unspecified atom stereocenters. The van der Waals surface area contributed by atoms with E-state index in [2.05, 4.69) is 15.3 Å². The molecule has 122 valence electrons. The number of hydrogen-bond donors (Lipinski definition) is 3. The summed E-state index contributed by atoms with van der Waals surface area (Å²) in [6.07, 6.45) is 0. The smallest absolute Gasteiger partial charge is 0.330 e. The van der Waals surface area contributed by atoms with E-state index in [9.17, 15) is 4.79 Å². The molecule has 0 aliphatic carbocycles. The van der Waals surface area contributed by atoms with E-state index in [1.165, 1.54) is 0 Å². The maximum Gasteiger partial charge on any atom is 0.330 e. The Morgan fingerprint density at radius 1 is 1.36 bits per heavy atom. The standard InChI is InChI=1S/C14H24N6O2/c1-8-18-11(16)10(15)12(19-8)20-6-5-17-7-9(20)13(21)22-14(2,3)4/h9,17H,5-7,15H2,1-4H3,(H2,16,18,19). The van der Waals surface area contributed by atoms with Crippen LogP contribution in [-0.4, -0.2) is 47.2 Å². The average Bonchev–Trinajstić information content (AvgIpc) is 2.41. The minimum Gasteiger partial charge on any atom is -0.458 e. The topological polar surface area (TPSA) is 119 Å². The monoisotopic (exact) mass is 308 g/mol. The maximum absolute atomic E-state index is 12.5. The minimum atomic E-state index is -0.549. The van der Waals surface area contributed by atoms with E-state index in [0.717, 1.165) is 6.54 Å². The molecule has 1 fully saturated rings. The number of nitrogens with two attached hydrogens (primary N) is 2. The van der Waals surface area contributed by atoms with Gasteiger partial charge in [0.1, 0.15) is 23.2 Å². The Bertz CT molecular complexity index is 569. The number of piperazine rings is 1. The summed E-state index contributed by atoms with van der Waals surface area (Å²) >= 11 is 0. The number of anilines is 3. The van der Waals surface area contributed by atoms with Crippen LogP contribution in [0.4, 0.5) is 17.3 Å². The third-order valence-electron chi connectivity index (χ3n) is 3.26. The quantitative estimate of drug-likeness (QED) is 0.657. The van der Waals surface area contributed by atoms with E-state index in [1.54, 1.807) is 6.92 Å². The second kappa shape index (κ2) is 5.96. The average molecular weight is 308 g/mol. The first-order valence-corrected chi connectivity index (χ1v) is 7.29. The summed E-state index contributed by atoms with van der Waals surface area (Å²) in [5.41, 5.74) is 11.6. The fraction of sp³-hybridized carbons (Fsp3) is 0.643. The normalized spacial score (nSPS) is 19.1. The lowest BCUT2D eigenvalue weighted by atomic mass is 10.1. The van der Waals surface area contributed by atoms with Gasteiger partial charge in [-0.3, -0.25) is 0 Å². The van der Waals surface area contributed by atoms with Crippen LogP contribution >= 0.6 is 0 Å². The van der Waals surface area contributed by atoms with Crippen LogP contribution in [0.5, 0.6) is 0 Å². The van der Waals surface area contributed by atoms with Crippen molar-refractivity contribution in [1.29, 1.82) is 0 Å². The van der Waals surface area contributed by atoms with Gasteiger partial charge in [0.2, 0.25) is 0 Å². The van der Waals surface area contributed by atoms with E-state index in [4.69, 9.17) is 16.2 Å². The second-order valence-electron chi connectivity index (χ2n) is 6.34. The highest BCUT2D eigenvalue weighted by Crippen LogP contribution is 2.28. The van der Waals surface area contributed by atoms with Crippen molar-refractivity contribution in [3.05, 3.63) is 5.82 Å². The number of aryl methyl sites for hydroxylation is 1. The number of hydrogen-bond acceptors (Lipinski definition) is 8. The first kappa shape index (κ1) is 16.3. The second-order valence-corrected chi connectivity index (χ2v) is 6.34. The third kappa shape index (κ3) is 3.56. The summed E-state index contributed by atoms with van der Waals surface area (Å²) in [7, 11) is 0. The lowest BCUT2D eigenvalue weighted by molar-refractivity contribution is -0.156. The van der Waals surface area contributed by atoms with Crippen LogP contribution in [0, 0.1) is 6.92 Å². The molecule has 1 atom stereocenters. The molecule has 1 aromatic rings. The van der Waals surface area contributed by atoms with Crippen LogP contribution in [0.2, 0.25) is 0 Å². The van der Waals surface area contributed by atoms with Gasteiger partial charge in [-0.15, -0.1) is 0 Å². The summed E-state index contributed by atoms with van der Waals surface area (Å²) in [5.74, 6) is 0.920. The predicted octanol–water partition coefficient (Wildman–Crippen LogP) is 0.0693. The van der Waals surface area contributed by atoms with Gasteiger partial charge in [-0.2, -0.15) is 0 Å². The molecule has 1 saturated heterocycles. The van der Waals surface area contributed by atoms with E-state index < -0.39 is 11.6 Å². The van der Waals surface area contributed by atoms with Crippen molar-refractivity contribution in [3.8, 4) is 0 Å². The molecule has 0 aromatic carbocycles. The van der Waals surface area contributed by atoms with Crippen molar-refractivity contribution in [2.45, 2.75) is 39.3 Å². The zero-order valence-electron chi connectivity index (χ0n) is 13.5. The van der Waals surface area contributed by atoms with Gasteiger partial charge >= 0.3 is 5.97 Å². The molecule has 0 amide bonds. The van der Waals surface area contributed by atoms with Gasteiger partial charge in [0.05, 0.1) is 0 Å². The first-order valence-electron chi connectivity index (χ1n) is 7.29. The summed E-state index contributed by atoms with van der Waals surface area (Å²) in [6.45, 7) is 9.04. The predicted molar refractivity (Wildman–Crippen MR) is 85.4 cm³/mol. The molecule has 2 heterocycles. The van der Waals surface area contributed by atoms with Crippen molar-refractivity contribution in [2.24, 2.45) is 0 Å². The molecule has 1 aliphatic heterocycles. The Morgan fingerprint density at radius 2 is 2.05 bits per heavy atom. The van der Waals surface area contributed by atoms with Crippen molar-refractivity contribution in [3.63, 3.8) is 0 Å². The van der Waals surface area contributed by atoms with Crippen LogP contribution in [0.25, 0.3) is 0 Å². The van der Waals surface area contributed by atoms with Gasteiger partial charge in [-0.25, -0.2) is 14.8 Å². The van der Waals surface area contributed by atoms with Crippen molar-refractivity contribution in [1.82, 2.24) is 15.3 Å². The fourth-order valence-corrected chi connectivity index (χ4v) is 2.34. The van der Waals surface area contributed by atoms with Gasteiger partial charge in [0.25, 0.3) is 0 Å². The van der Waals surface area contributed by atoms with Crippen LogP contribution in [-0.2, 0) is 9.53 Å². The number of carbonyl (C=O) groups excluding carboxylic acids is 1. The molecule has 1 aromatic heterocycles. The van der Waals surface area contributed by atoms with E-state index >= 15 is 0 Å². The number of nitrogens with zero attached hydrogens (tertiary/aromatic N) is 3. The Labute approximate surface area is 130 Å². The molecule has 5 N–H and O–H groups in total. The fourth-order valence-electron chi connectivity index (χ4n) is 2.34. The van der Waals surface area contributed by atoms with Crippen molar-refractivity contribution >= 4 is 23.3 Å². The number of aromatic nitrogens is 2. The third-order valence-corrected chi connectivity index (χ3v) is 3.26. The lowest BCUT2D eigenvalue weighted by Gasteiger charge is -2.37. The Kier molecular flexibility index (Phi) is 4.41. The van der Waals surface area contributed by atoms with Crippen molar-refractivity contribution < 1.29 is 9.53 Å². The van der Waals surface area contributed by atoms with Crippen LogP contribution in [0.1, 0.15) is 26.6 Å². The zero-order valence-corrected chi connectivity index (χ0v) is 13.5. The lowest BCUT2D eigenvalue weighted by Crippen LogP contribution is -2.57. The van der Waals surface area contributed by atoms with Crippen molar-refractivity contribution in [2.75, 3.05) is 36.0 Å². The van der Waals surface area contributed by atoms with Gasteiger partial charge < -0.3 is 26.4 Å². The van der Waals surface area contributed by atoms with Crippen LogP contribution in [0.15, 0.2) is 0 Å². The number of carbonyl (C=O) groups is 1. The summed E-state index contributed by atoms with van der Waals surface area (Å²) in [4.78, 5) is 22.7. The molecular formula is C14H24N6O2. The number of ether oxygens (including phenoxy) is 1. The summed E-state index contributed by atoms with van der Waals surface area (Å²) < 4.78 is 5.49. The molecule has 2 rings (SSSR count). The highest BCUT2D eigenvalue weighted by molar-refractivity contribution is 5.84. The number of nitrogens with one attached hydrogen (secondary N) is 1. The summed E-state index contributed by atoms with van der Waals surface area (Å²) in [6, 6.07) is -0.496. The van der Waals surface area contributed by atoms with Gasteiger partial charge in [0.15, 0.2) is 11.6 Å². The van der Waals surface area contributed by atoms with E-state index in [-0.39, 0.29) is 11.8 Å². The SMILES string of the molecule is Cc1nc(N)c(N)c(N2CCNCC2C(=O)OC(C)(C)C)n1. The van der Waals surface area contributed by atoms with Crippen LogP contribution in [0.3, 0.4) is 0 Å². The maximum atomic E-state index is 12.5. The minimum absolute atomic E-state index is 0.226. The van der Waals surface area contributed by atoms with Gasteiger partial charge in [0, 0.05) is 19.6 Å². The van der Waals surface area contributed by atoms with E-state index in [0.29, 0.717) is 30.4 Å².